The van der Waals surface area contributed by atoms with Crippen LogP contribution in [0.1, 0.15) is 53.1 Å². The molecule has 2 aliphatic rings. The van der Waals surface area contributed by atoms with Gasteiger partial charge in [-0.1, -0.05) is 34.4 Å². The van der Waals surface area contributed by atoms with Crippen molar-refractivity contribution < 1.29 is 27.7 Å². The molecule has 216 valence electrons. The summed E-state index contributed by atoms with van der Waals surface area (Å²) in [5, 5.41) is 19.0. The predicted octanol–water partition coefficient (Wildman–Crippen LogP) is 5.81. The van der Waals surface area contributed by atoms with E-state index >= 15 is 0 Å². The van der Waals surface area contributed by atoms with Gasteiger partial charge in [-0.2, -0.15) is 13.2 Å². The normalized spacial score (nSPS) is 17.8. The van der Waals surface area contributed by atoms with Gasteiger partial charge in [-0.15, -0.1) is 11.3 Å². The number of nitro groups is 1. The van der Waals surface area contributed by atoms with Gasteiger partial charge in [-0.05, 0) is 25.0 Å². The van der Waals surface area contributed by atoms with Gasteiger partial charge in [0, 0.05) is 58.7 Å². The van der Waals surface area contributed by atoms with Crippen molar-refractivity contribution in [3.63, 3.8) is 0 Å². The number of carbonyl (C=O) groups excluding carboxylic acids is 1. The smallest absolute Gasteiger partial charge is 0.387 e. The standard InChI is InChI=1S/C25H20Cl2F3N5O5S/c26-15-2-1-3-16(27)22(15)20-9-17(32-40-20)18-12-41-23(31-18)13-4-6-33(7-5-13)21(36)11-34-10-14(25(28,29)30)8-19(24(34)37)35(38)39/h1-3,8,10,12-13,20H,4-7,9,11H2. The number of alkyl halides is 3. The zero-order chi connectivity index (χ0) is 29.5. The Morgan fingerprint density at radius 2 is 1.90 bits per heavy atom. The van der Waals surface area contributed by atoms with E-state index in [-0.39, 0.29) is 25.1 Å². The van der Waals surface area contributed by atoms with Crippen LogP contribution in [0.3, 0.4) is 0 Å². The second kappa shape index (κ2) is 11.4. The average Bonchev–Trinajstić information content (AvgIpc) is 3.59. The van der Waals surface area contributed by atoms with Crippen LogP contribution in [0.5, 0.6) is 0 Å². The highest BCUT2D eigenvalue weighted by molar-refractivity contribution is 7.10. The lowest BCUT2D eigenvalue weighted by Crippen LogP contribution is -2.41. The summed E-state index contributed by atoms with van der Waals surface area (Å²) in [6.07, 6.45) is -3.42. The molecule has 1 amide bonds. The van der Waals surface area contributed by atoms with Crippen LogP contribution in [0.2, 0.25) is 10.0 Å². The summed E-state index contributed by atoms with van der Waals surface area (Å²) in [6, 6.07) is 5.37. The molecular formula is C25H20Cl2F3N5O5S. The molecule has 0 saturated carbocycles. The van der Waals surface area contributed by atoms with Crippen LogP contribution in [0, 0.1) is 10.1 Å². The van der Waals surface area contributed by atoms with E-state index in [2.05, 4.69) is 5.16 Å². The van der Waals surface area contributed by atoms with Crippen molar-refractivity contribution in [2.75, 3.05) is 13.1 Å². The maximum Gasteiger partial charge on any atom is 0.418 e. The van der Waals surface area contributed by atoms with E-state index in [0.29, 0.717) is 57.0 Å². The number of likely N-dealkylation sites (tertiary alicyclic amines) is 1. The van der Waals surface area contributed by atoms with Gasteiger partial charge in [0.2, 0.25) is 5.91 Å². The first kappa shape index (κ1) is 29.0. The highest BCUT2D eigenvalue weighted by atomic mass is 35.5. The van der Waals surface area contributed by atoms with Crippen molar-refractivity contribution >= 4 is 51.8 Å². The lowest BCUT2D eigenvalue weighted by molar-refractivity contribution is -0.386. The molecule has 3 aromatic rings. The van der Waals surface area contributed by atoms with Gasteiger partial charge in [0.05, 0.1) is 21.2 Å². The number of carbonyl (C=O) groups is 1. The lowest BCUT2D eigenvalue weighted by atomic mass is 9.97. The largest absolute Gasteiger partial charge is 0.418 e. The first-order valence-electron chi connectivity index (χ1n) is 12.3. The van der Waals surface area contributed by atoms with Crippen LogP contribution in [0.15, 0.2) is 45.8 Å². The Balaban J connectivity index is 1.21. The molecule has 1 saturated heterocycles. The van der Waals surface area contributed by atoms with Crippen LogP contribution in [0.25, 0.3) is 0 Å². The second-order valence-corrected chi connectivity index (χ2v) is 11.2. The Kier molecular flexibility index (Phi) is 8.08. The van der Waals surface area contributed by atoms with Crippen molar-refractivity contribution in [1.29, 1.82) is 0 Å². The van der Waals surface area contributed by atoms with Crippen LogP contribution in [-0.2, 0) is 22.4 Å². The van der Waals surface area contributed by atoms with Gasteiger partial charge in [0.25, 0.3) is 0 Å². The van der Waals surface area contributed by atoms with E-state index in [1.54, 1.807) is 18.2 Å². The number of pyridine rings is 1. The maximum atomic E-state index is 13.2. The number of thiazole rings is 1. The molecule has 1 fully saturated rings. The molecule has 10 nitrogen and oxygen atoms in total. The molecule has 16 heteroatoms. The summed E-state index contributed by atoms with van der Waals surface area (Å²) in [5.41, 5.74) is -1.93. The first-order chi connectivity index (χ1) is 19.4. The number of amides is 1. The summed E-state index contributed by atoms with van der Waals surface area (Å²) in [6.45, 7) is -0.178. The van der Waals surface area contributed by atoms with Crippen molar-refractivity contribution in [1.82, 2.24) is 14.5 Å². The lowest BCUT2D eigenvalue weighted by Gasteiger charge is -2.31. The topological polar surface area (TPSA) is 120 Å². The number of hydrogen-bond acceptors (Lipinski definition) is 8. The van der Waals surface area contributed by atoms with E-state index in [0.717, 1.165) is 5.01 Å². The number of halogens is 5. The SMILES string of the molecule is O=C(Cn1cc(C(F)(F)F)cc([N+](=O)[O-])c1=O)N1CCC(c2nc(C3=NOC(c4c(Cl)cccc4Cl)C3)cs2)CC1. The minimum absolute atomic E-state index is 0.0342. The zero-order valence-corrected chi connectivity index (χ0v) is 23.3. The first-order valence-corrected chi connectivity index (χ1v) is 13.9. The van der Waals surface area contributed by atoms with Crippen molar-refractivity contribution in [2.45, 2.75) is 44.0 Å². The van der Waals surface area contributed by atoms with E-state index < -0.39 is 46.5 Å². The van der Waals surface area contributed by atoms with Crippen LogP contribution in [0.4, 0.5) is 18.9 Å². The summed E-state index contributed by atoms with van der Waals surface area (Å²) >= 11 is 14.0. The molecule has 41 heavy (non-hydrogen) atoms. The fourth-order valence-corrected chi connectivity index (χ4v) is 6.40. The fourth-order valence-electron chi connectivity index (χ4n) is 4.75. The molecule has 1 unspecified atom stereocenters. The summed E-state index contributed by atoms with van der Waals surface area (Å²) in [4.78, 5) is 46.8. The number of piperidine rings is 1. The third-order valence-electron chi connectivity index (χ3n) is 6.90. The van der Waals surface area contributed by atoms with Gasteiger partial charge in [-0.3, -0.25) is 24.3 Å². The molecule has 1 aromatic carbocycles. The van der Waals surface area contributed by atoms with Crippen molar-refractivity contribution in [3.05, 3.63) is 88.2 Å². The quantitative estimate of drug-likeness (QED) is 0.251. The molecule has 2 aromatic heterocycles. The number of aromatic nitrogens is 2. The van der Waals surface area contributed by atoms with Crippen molar-refractivity contribution in [2.24, 2.45) is 5.16 Å². The monoisotopic (exact) mass is 629 g/mol. The molecule has 0 bridgehead atoms. The van der Waals surface area contributed by atoms with Crippen LogP contribution in [-0.4, -0.2) is 44.1 Å². The Bertz CT molecular complexity index is 1580. The summed E-state index contributed by atoms with van der Waals surface area (Å²) < 4.78 is 40.1. The third kappa shape index (κ3) is 6.09. The van der Waals surface area contributed by atoms with Gasteiger partial charge >= 0.3 is 17.4 Å². The molecule has 4 heterocycles. The van der Waals surface area contributed by atoms with E-state index in [9.17, 15) is 32.9 Å². The number of oxime groups is 1. The zero-order valence-electron chi connectivity index (χ0n) is 20.9. The van der Waals surface area contributed by atoms with Gasteiger partial charge in [0.15, 0.2) is 6.10 Å². The highest BCUT2D eigenvalue weighted by Crippen LogP contribution is 2.39. The maximum absolute atomic E-state index is 13.2. The van der Waals surface area contributed by atoms with Crippen LogP contribution < -0.4 is 5.56 Å². The molecule has 2 aliphatic heterocycles. The molecule has 0 N–H and O–H groups in total. The van der Waals surface area contributed by atoms with Gasteiger partial charge in [-0.25, -0.2) is 4.98 Å². The second-order valence-electron chi connectivity index (χ2n) is 9.50. The predicted molar refractivity (Wildman–Crippen MR) is 144 cm³/mol. The highest BCUT2D eigenvalue weighted by Gasteiger charge is 2.35. The number of rotatable bonds is 6. The Morgan fingerprint density at radius 3 is 2.54 bits per heavy atom. The van der Waals surface area contributed by atoms with E-state index in [1.165, 1.54) is 16.2 Å². The Morgan fingerprint density at radius 1 is 1.22 bits per heavy atom. The van der Waals surface area contributed by atoms with Gasteiger partial charge in [0.1, 0.15) is 12.3 Å². The molecule has 1 atom stereocenters. The summed E-state index contributed by atoms with van der Waals surface area (Å²) in [5.74, 6) is -0.576. The van der Waals surface area contributed by atoms with Gasteiger partial charge < -0.3 is 9.74 Å². The fraction of sp³-hybridized carbons (Fsp3) is 0.360. The molecule has 0 spiro atoms. The Labute approximate surface area is 244 Å². The minimum atomic E-state index is -4.92. The minimum Gasteiger partial charge on any atom is -0.387 e. The van der Waals surface area contributed by atoms with E-state index in [1.807, 2.05) is 5.38 Å². The number of nitrogens with zero attached hydrogens (tertiary/aromatic N) is 5. The molecule has 0 aliphatic carbocycles. The number of benzene rings is 1. The molecule has 0 radical (unpaired) electrons. The van der Waals surface area contributed by atoms with E-state index in [4.69, 9.17) is 33.0 Å². The third-order valence-corrected chi connectivity index (χ3v) is 8.57. The Hall–Kier alpha value is -3.49. The van der Waals surface area contributed by atoms with Crippen molar-refractivity contribution in [3.8, 4) is 0 Å². The summed E-state index contributed by atoms with van der Waals surface area (Å²) in [7, 11) is 0. The van der Waals surface area contributed by atoms with Crippen LogP contribution >= 0.6 is 34.5 Å². The molecular weight excluding hydrogens is 610 g/mol. The number of hydrogen-bond donors (Lipinski definition) is 0. The average molecular weight is 630 g/mol. The molecule has 5 rings (SSSR count).